The van der Waals surface area contributed by atoms with Gasteiger partial charge in [-0.3, -0.25) is 4.79 Å². The highest BCUT2D eigenvalue weighted by Crippen LogP contribution is 2.32. The summed E-state index contributed by atoms with van der Waals surface area (Å²) in [6.45, 7) is 9.19. The molecule has 0 saturated heterocycles. The number of hydrogen-bond acceptors (Lipinski definition) is 6. The van der Waals surface area contributed by atoms with Crippen LogP contribution in [0.4, 0.5) is 0 Å². The van der Waals surface area contributed by atoms with E-state index in [4.69, 9.17) is 13.6 Å². The smallest absolute Gasteiger partial charge is 0.340 e. The van der Waals surface area contributed by atoms with Crippen molar-refractivity contribution in [2.75, 3.05) is 7.11 Å². The van der Waals surface area contributed by atoms with Crippen LogP contribution in [0.5, 0.6) is 0 Å². The predicted molar refractivity (Wildman–Crippen MR) is 109 cm³/mol. The molecule has 3 aromatic rings. The van der Waals surface area contributed by atoms with Crippen LogP contribution in [-0.2, 0) is 20.7 Å². The van der Waals surface area contributed by atoms with Gasteiger partial charge in [0.2, 0.25) is 5.91 Å². The van der Waals surface area contributed by atoms with E-state index in [1.165, 1.54) is 7.11 Å². The Bertz CT molecular complexity index is 1170. The van der Waals surface area contributed by atoms with Gasteiger partial charge in [-0.1, -0.05) is 13.8 Å². The number of carbonyl (C=O) groups excluding carboxylic acids is 2. The minimum absolute atomic E-state index is 0.152. The van der Waals surface area contributed by atoms with Crippen molar-refractivity contribution in [3.63, 3.8) is 0 Å². The van der Waals surface area contributed by atoms with E-state index in [1.807, 2.05) is 19.9 Å². The Morgan fingerprint density at radius 2 is 1.79 bits per heavy atom. The first-order valence-corrected chi connectivity index (χ1v) is 9.46. The van der Waals surface area contributed by atoms with Gasteiger partial charge in [-0.15, -0.1) is 0 Å². The van der Waals surface area contributed by atoms with Crippen LogP contribution in [0.1, 0.15) is 36.1 Å². The van der Waals surface area contributed by atoms with Crippen molar-refractivity contribution < 1.29 is 23.2 Å². The first-order chi connectivity index (χ1) is 13.6. The normalized spacial score (nSPS) is 12.5. The van der Waals surface area contributed by atoms with Crippen LogP contribution in [0.25, 0.3) is 21.9 Å². The summed E-state index contributed by atoms with van der Waals surface area (Å²) in [6, 6.07) is 1.14. The molecule has 1 unspecified atom stereocenters. The number of amides is 1. The van der Waals surface area contributed by atoms with E-state index in [-0.39, 0.29) is 17.9 Å². The Hall–Kier alpha value is -3.09. The van der Waals surface area contributed by atoms with Gasteiger partial charge in [-0.2, -0.15) is 0 Å². The third-order valence-corrected chi connectivity index (χ3v) is 5.31. The van der Waals surface area contributed by atoms with E-state index in [2.05, 4.69) is 5.32 Å². The molecule has 7 nitrogen and oxygen atoms in total. The summed E-state index contributed by atoms with van der Waals surface area (Å²) >= 11 is 0. The van der Waals surface area contributed by atoms with Crippen molar-refractivity contribution in [3.8, 4) is 0 Å². The Morgan fingerprint density at radius 1 is 1.10 bits per heavy atom. The Labute approximate surface area is 168 Å². The molecule has 0 spiro atoms. The zero-order valence-electron chi connectivity index (χ0n) is 17.5. The van der Waals surface area contributed by atoms with Gasteiger partial charge in [0.1, 0.15) is 17.2 Å². The molecule has 0 radical (unpaired) electrons. The number of ether oxygens (including phenoxy) is 1. The first-order valence-electron chi connectivity index (χ1n) is 9.46. The standard InChI is InChI=1S/C22H25NO6/c1-10(2)18(22(26)27-6)23-17(24)8-16-12(4)15-7-14-11(3)9-28-19(14)13(5)20(15)29-21(16)25/h7,9-10,18H,8H2,1-6H3,(H,23,24). The number of nitrogens with one attached hydrogen (secondary N) is 1. The van der Waals surface area contributed by atoms with E-state index >= 15 is 0 Å². The summed E-state index contributed by atoms with van der Waals surface area (Å²) < 4.78 is 15.9. The largest absolute Gasteiger partial charge is 0.467 e. The first kappa shape index (κ1) is 20.6. The van der Waals surface area contributed by atoms with Crippen LogP contribution in [0.3, 0.4) is 0 Å². The summed E-state index contributed by atoms with van der Waals surface area (Å²) in [5.74, 6) is -1.12. The van der Waals surface area contributed by atoms with Gasteiger partial charge in [0, 0.05) is 16.3 Å². The SMILES string of the molecule is COC(=O)C(NC(=O)Cc1c(C)c2cc3c(C)coc3c(C)c2oc1=O)C(C)C. The lowest BCUT2D eigenvalue weighted by molar-refractivity contribution is -0.146. The lowest BCUT2D eigenvalue weighted by Gasteiger charge is -2.20. The summed E-state index contributed by atoms with van der Waals surface area (Å²) in [5.41, 5.74) is 3.22. The maximum absolute atomic E-state index is 12.6. The third-order valence-electron chi connectivity index (χ3n) is 5.31. The molecule has 1 atom stereocenters. The number of fused-ring (bicyclic) bond motifs is 2. The topological polar surface area (TPSA) is 98.8 Å². The van der Waals surface area contributed by atoms with E-state index in [0.717, 1.165) is 21.9 Å². The van der Waals surface area contributed by atoms with Gasteiger partial charge < -0.3 is 18.9 Å². The molecule has 3 rings (SSSR count). The van der Waals surface area contributed by atoms with E-state index in [9.17, 15) is 14.4 Å². The lowest BCUT2D eigenvalue weighted by Crippen LogP contribution is -2.45. The second-order valence-electron chi connectivity index (χ2n) is 7.66. The summed E-state index contributed by atoms with van der Waals surface area (Å²) in [7, 11) is 1.27. The monoisotopic (exact) mass is 399 g/mol. The molecule has 1 aromatic carbocycles. The Kier molecular flexibility index (Phi) is 5.50. The number of esters is 1. The molecule has 0 saturated carbocycles. The molecule has 154 valence electrons. The number of benzene rings is 1. The van der Waals surface area contributed by atoms with Crippen LogP contribution in [-0.4, -0.2) is 25.0 Å². The number of carbonyl (C=O) groups is 2. The Morgan fingerprint density at radius 3 is 2.41 bits per heavy atom. The average Bonchev–Trinajstić information content (AvgIpc) is 3.04. The van der Waals surface area contributed by atoms with Crippen molar-refractivity contribution in [3.05, 3.63) is 45.0 Å². The quantitative estimate of drug-likeness (QED) is 0.522. The summed E-state index contributed by atoms with van der Waals surface area (Å²) in [4.78, 5) is 37.1. The van der Waals surface area contributed by atoms with Crippen LogP contribution in [0, 0.1) is 26.7 Å². The summed E-state index contributed by atoms with van der Waals surface area (Å²) in [5, 5.41) is 4.35. The average molecular weight is 399 g/mol. The van der Waals surface area contributed by atoms with Crippen LogP contribution in [0.2, 0.25) is 0 Å². The van der Waals surface area contributed by atoms with E-state index < -0.39 is 23.5 Å². The second kappa shape index (κ2) is 7.73. The van der Waals surface area contributed by atoms with Crippen molar-refractivity contribution >= 4 is 33.8 Å². The molecule has 29 heavy (non-hydrogen) atoms. The van der Waals surface area contributed by atoms with Crippen LogP contribution in [0.15, 0.2) is 26.0 Å². The van der Waals surface area contributed by atoms with E-state index in [1.54, 1.807) is 27.0 Å². The van der Waals surface area contributed by atoms with Gasteiger partial charge in [-0.05, 0) is 43.9 Å². The van der Waals surface area contributed by atoms with Gasteiger partial charge in [0.05, 0.1) is 25.4 Å². The summed E-state index contributed by atoms with van der Waals surface area (Å²) in [6.07, 6.45) is 1.48. The fraction of sp³-hybridized carbons (Fsp3) is 0.409. The Balaban J connectivity index is 2.02. The number of hydrogen-bond donors (Lipinski definition) is 1. The molecule has 1 amide bonds. The molecule has 2 heterocycles. The number of methoxy groups -OCH3 is 1. The number of aryl methyl sites for hydroxylation is 3. The van der Waals surface area contributed by atoms with Crippen LogP contribution < -0.4 is 10.9 Å². The van der Waals surface area contributed by atoms with E-state index in [0.29, 0.717) is 16.7 Å². The fourth-order valence-electron chi connectivity index (χ4n) is 3.53. The number of rotatable bonds is 5. The zero-order chi connectivity index (χ0) is 21.5. The van der Waals surface area contributed by atoms with Gasteiger partial charge in [0.25, 0.3) is 0 Å². The molecule has 2 aromatic heterocycles. The molecular formula is C22H25NO6. The lowest BCUT2D eigenvalue weighted by atomic mass is 9.98. The predicted octanol–water partition coefficient (Wildman–Crippen LogP) is 3.32. The zero-order valence-corrected chi connectivity index (χ0v) is 17.5. The highest BCUT2D eigenvalue weighted by molar-refractivity contribution is 6.00. The molecule has 1 N–H and O–H groups in total. The molecule has 0 fully saturated rings. The third kappa shape index (κ3) is 3.64. The van der Waals surface area contributed by atoms with Gasteiger partial charge in [-0.25, -0.2) is 9.59 Å². The van der Waals surface area contributed by atoms with Gasteiger partial charge >= 0.3 is 11.6 Å². The van der Waals surface area contributed by atoms with Crippen molar-refractivity contribution in [2.45, 2.75) is 47.1 Å². The molecular weight excluding hydrogens is 374 g/mol. The minimum Gasteiger partial charge on any atom is -0.467 e. The highest BCUT2D eigenvalue weighted by atomic mass is 16.5. The number of furan rings is 1. The maximum atomic E-state index is 12.6. The molecule has 7 heteroatoms. The molecule has 0 aliphatic heterocycles. The van der Waals surface area contributed by atoms with Crippen molar-refractivity contribution in [2.24, 2.45) is 5.92 Å². The van der Waals surface area contributed by atoms with Crippen molar-refractivity contribution in [1.29, 1.82) is 0 Å². The van der Waals surface area contributed by atoms with Crippen LogP contribution >= 0.6 is 0 Å². The molecule has 0 aliphatic carbocycles. The van der Waals surface area contributed by atoms with Crippen molar-refractivity contribution in [1.82, 2.24) is 5.32 Å². The fourth-order valence-corrected chi connectivity index (χ4v) is 3.53. The van der Waals surface area contributed by atoms with Gasteiger partial charge in [0.15, 0.2) is 0 Å². The minimum atomic E-state index is -0.782. The highest BCUT2D eigenvalue weighted by Gasteiger charge is 2.26. The maximum Gasteiger partial charge on any atom is 0.340 e. The molecule has 0 bridgehead atoms. The molecule has 0 aliphatic rings. The second-order valence-corrected chi connectivity index (χ2v) is 7.66.